The van der Waals surface area contributed by atoms with Crippen LogP contribution in [0, 0.1) is 6.92 Å². The van der Waals surface area contributed by atoms with E-state index in [0.717, 1.165) is 29.2 Å². The summed E-state index contributed by atoms with van der Waals surface area (Å²) >= 11 is 1.47. The molecule has 0 aliphatic heterocycles. The molecule has 1 fully saturated rings. The molecule has 2 heterocycles. The van der Waals surface area contributed by atoms with Gasteiger partial charge < -0.3 is 5.32 Å². The number of thioether (sulfide) groups is 1. The smallest absolute Gasteiger partial charge is 0.233 e. The predicted molar refractivity (Wildman–Crippen MR) is 106 cm³/mol. The Balaban J connectivity index is 1.59. The van der Waals surface area contributed by atoms with Crippen LogP contribution in [0.4, 0.5) is 0 Å². The van der Waals surface area contributed by atoms with Gasteiger partial charge in [0.05, 0.1) is 10.8 Å². The minimum Gasteiger partial charge on any atom is -0.352 e. The van der Waals surface area contributed by atoms with Gasteiger partial charge in [-0.05, 0) is 44.4 Å². The van der Waals surface area contributed by atoms with Gasteiger partial charge in [0.2, 0.25) is 5.91 Å². The number of hydrogen-bond donors (Lipinski definition) is 1. The van der Waals surface area contributed by atoms with Crippen LogP contribution >= 0.6 is 11.8 Å². The first-order valence-corrected chi connectivity index (χ1v) is 10.2. The summed E-state index contributed by atoms with van der Waals surface area (Å²) in [6.45, 7) is 4.03. The second kappa shape index (κ2) is 7.27. The van der Waals surface area contributed by atoms with Crippen molar-refractivity contribution in [1.82, 2.24) is 19.9 Å². The standard InChI is InChI=1S/C20H24N4OS/c1-13-12-18-22-23-20(24(18)17-11-7-6-10-16(13)17)26-14(2)19(25)21-15-8-4-3-5-9-15/h6-7,10-12,14-15H,3-5,8-9H2,1-2H3,(H,21,25). The maximum absolute atomic E-state index is 12.6. The number of carbonyl (C=O) groups excluding carboxylic acids is 1. The molecule has 1 saturated carbocycles. The van der Waals surface area contributed by atoms with Crippen molar-refractivity contribution >= 4 is 34.2 Å². The van der Waals surface area contributed by atoms with Crippen LogP contribution in [-0.4, -0.2) is 31.8 Å². The molecule has 1 unspecified atom stereocenters. The molecule has 1 aliphatic carbocycles. The summed E-state index contributed by atoms with van der Waals surface area (Å²) in [4.78, 5) is 12.6. The van der Waals surface area contributed by atoms with Crippen molar-refractivity contribution in [3.8, 4) is 0 Å². The largest absolute Gasteiger partial charge is 0.352 e. The van der Waals surface area contributed by atoms with Gasteiger partial charge in [0.25, 0.3) is 0 Å². The number of carbonyl (C=O) groups is 1. The number of pyridine rings is 1. The van der Waals surface area contributed by atoms with Crippen molar-refractivity contribution in [3.05, 3.63) is 35.9 Å². The van der Waals surface area contributed by atoms with Crippen LogP contribution in [0.25, 0.3) is 16.6 Å². The number of nitrogens with zero attached hydrogens (tertiary/aromatic N) is 3. The van der Waals surface area contributed by atoms with Crippen LogP contribution in [0.2, 0.25) is 0 Å². The number of benzene rings is 1. The molecule has 0 saturated heterocycles. The van der Waals surface area contributed by atoms with Gasteiger partial charge in [-0.15, -0.1) is 10.2 Å². The van der Waals surface area contributed by atoms with Crippen molar-refractivity contribution < 1.29 is 4.79 Å². The fraction of sp³-hybridized carbons (Fsp3) is 0.450. The van der Waals surface area contributed by atoms with E-state index in [1.807, 2.05) is 25.1 Å². The average Bonchev–Trinajstić information content (AvgIpc) is 3.05. The summed E-state index contributed by atoms with van der Waals surface area (Å²) in [6.07, 6.45) is 5.91. The van der Waals surface area contributed by atoms with Gasteiger partial charge in [0.15, 0.2) is 10.8 Å². The van der Waals surface area contributed by atoms with Gasteiger partial charge in [0, 0.05) is 11.4 Å². The lowest BCUT2D eigenvalue weighted by molar-refractivity contribution is -0.121. The summed E-state index contributed by atoms with van der Waals surface area (Å²) in [7, 11) is 0. The van der Waals surface area contributed by atoms with Crippen molar-refractivity contribution in [1.29, 1.82) is 0 Å². The van der Waals surface area contributed by atoms with Gasteiger partial charge in [-0.2, -0.15) is 0 Å². The monoisotopic (exact) mass is 368 g/mol. The number of hydrogen-bond acceptors (Lipinski definition) is 4. The molecule has 1 amide bonds. The Morgan fingerprint density at radius 2 is 2.00 bits per heavy atom. The first-order chi connectivity index (χ1) is 12.6. The van der Waals surface area contributed by atoms with Crippen LogP contribution in [-0.2, 0) is 4.79 Å². The number of fused-ring (bicyclic) bond motifs is 3. The lowest BCUT2D eigenvalue weighted by atomic mass is 9.95. The molecule has 6 heteroatoms. The molecular formula is C20H24N4OS. The lowest BCUT2D eigenvalue weighted by Crippen LogP contribution is -2.40. The Kier molecular flexibility index (Phi) is 4.85. The zero-order valence-corrected chi connectivity index (χ0v) is 16.1. The molecule has 26 heavy (non-hydrogen) atoms. The molecule has 136 valence electrons. The summed E-state index contributed by atoms with van der Waals surface area (Å²) in [5, 5.41) is 13.6. The molecule has 3 aromatic rings. The maximum Gasteiger partial charge on any atom is 0.233 e. The van der Waals surface area contributed by atoms with Crippen molar-refractivity contribution in [2.75, 3.05) is 0 Å². The van der Waals surface area contributed by atoms with Gasteiger partial charge in [0.1, 0.15) is 0 Å². The summed E-state index contributed by atoms with van der Waals surface area (Å²) in [5.41, 5.74) is 3.08. The maximum atomic E-state index is 12.6. The van der Waals surface area contributed by atoms with E-state index in [-0.39, 0.29) is 11.2 Å². The third-order valence-corrected chi connectivity index (χ3v) is 6.22. The van der Waals surface area contributed by atoms with Crippen molar-refractivity contribution in [2.45, 2.75) is 62.4 Å². The normalized spacial score (nSPS) is 16.8. The second-order valence-corrected chi connectivity index (χ2v) is 8.43. The van der Waals surface area contributed by atoms with Gasteiger partial charge >= 0.3 is 0 Å². The SMILES string of the molecule is Cc1cc2nnc(SC(C)C(=O)NC3CCCCC3)n2c2ccccc12. The van der Waals surface area contributed by atoms with Gasteiger partial charge in [-0.1, -0.05) is 49.2 Å². The predicted octanol–water partition coefficient (Wildman–Crippen LogP) is 4.12. The summed E-state index contributed by atoms with van der Waals surface area (Å²) in [5.74, 6) is 0.0927. The molecular weight excluding hydrogens is 344 g/mol. The van der Waals surface area contributed by atoms with Gasteiger partial charge in [-0.3, -0.25) is 9.20 Å². The zero-order chi connectivity index (χ0) is 18.1. The molecule has 1 aromatic carbocycles. The summed E-state index contributed by atoms with van der Waals surface area (Å²) < 4.78 is 2.05. The highest BCUT2D eigenvalue weighted by molar-refractivity contribution is 8.00. The quantitative estimate of drug-likeness (QED) is 0.704. The molecule has 1 atom stereocenters. The number of aryl methyl sites for hydroxylation is 1. The Morgan fingerprint density at radius 3 is 2.81 bits per heavy atom. The number of para-hydroxylation sites is 1. The molecule has 0 radical (unpaired) electrons. The Hall–Kier alpha value is -2.08. The number of nitrogens with one attached hydrogen (secondary N) is 1. The topological polar surface area (TPSA) is 59.3 Å². The van der Waals surface area contributed by atoms with E-state index in [1.54, 1.807) is 0 Å². The van der Waals surface area contributed by atoms with Crippen LogP contribution in [0.3, 0.4) is 0 Å². The van der Waals surface area contributed by atoms with E-state index < -0.39 is 0 Å². The van der Waals surface area contributed by atoms with Gasteiger partial charge in [-0.25, -0.2) is 0 Å². The Bertz CT molecular complexity index is 946. The molecule has 4 rings (SSSR count). The first-order valence-electron chi connectivity index (χ1n) is 9.34. The van der Waals surface area contributed by atoms with E-state index in [9.17, 15) is 4.79 Å². The lowest BCUT2D eigenvalue weighted by Gasteiger charge is -2.24. The third kappa shape index (κ3) is 3.30. The number of aromatic nitrogens is 3. The van der Waals surface area contributed by atoms with Crippen LogP contribution in [0.1, 0.15) is 44.6 Å². The Labute approximate surface area is 157 Å². The minimum absolute atomic E-state index is 0.0927. The highest BCUT2D eigenvalue weighted by Crippen LogP contribution is 2.28. The van der Waals surface area contributed by atoms with Crippen molar-refractivity contribution in [3.63, 3.8) is 0 Å². The average molecular weight is 369 g/mol. The highest BCUT2D eigenvalue weighted by atomic mass is 32.2. The molecule has 1 aliphatic rings. The molecule has 0 bridgehead atoms. The molecule has 0 spiro atoms. The molecule has 5 nitrogen and oxygen atoms in total. The van der Waals surface area contributed by atoms with E-state index >= 15 is 0 Å². The number of rotatable bonds is 4. The number of amides is 1. The van der Waals surface area contributed by atoms with E-state index in [4.69, 9.17) is 0 Å². The second-order valence-electron chi connectivity index (χ2n) is 7.12. The molecule has 2 aromatic heterocycles. The molecule has 1 N–H and O–H groups in total. The van der Waals surface area contributed by atoms with Crippen molar-refractivity contribution in [2.24, 2.45) is 0 Å². The Morgan fingerprint density at radius 1 is 1.23 bits per heavy atom. The highest BCUT2D eigenvalue weighted by Gasteiger charge is 2.22. The minimum atomic E-state index is -0.204. The van der Waals surface area contributed by atoms with Crippen LogP contribution in [0.15, 0.2) is 35.5 Å². The summed E-state index contributed by atoms with van der Waals surface area (Å²) in [6, 6.07) is 10.6. The van der Waals surface area contributed by atoms with E-state index in [1.165, 1.54) is 42.0 Å². The third-order valence-electron chi connectivity index (χ3n) is 5.18. The van der Waals surface area contributed by atoms with E-state index in [2.05, 4.69) is 39.0 Å². The fourth-order valence-electron chi connectivity index (χ4n) is 3.73. The van der Waals surface area contributed by atoms with E-state index in [0.29, 0.717) is 6.04 Å². The van der Waals surface area contributed by atoms with Crippen LogP contribution in [0.5, 0.6) is 0 Å². The fourth-order valence-corrected chi connectivity index (χ4v) is 4.60. The zero-order valence-electron chi connectivity index (χ0n) is 15.2. The van der Waals surface area contributed by atoms with Crippen LogP contribution < -0.4 is 5.32 Å². The first kappa shape index (κ1) is 17.3.